The van der Waals surface area contributed by atoms with E-state index in [9.17, 15) is 9.59 Å². The molecule has 1 aliphatic rings. The lowest BCUT2D eigenvalue weighted by atomic mass is 10.1. The van der Waals surface area contributed by atoms with Crippen molar-refractivity contribution in [2.45, 2.75) is 26.2 Å². The number of amides is 1. The smallest absolute Gasteiger partial charge is 0.236 e. The van der Waals surface area contributed by atoms with Crippen molar-refractivity contribution >= 4 is 11.7 Å². The van der Waals surface area contributed by atoms with E-state index in [1.54, 1.807) is 0 Å². The largest absolute Gasteiger partial charge is 0.341 e. The maximum atomic E-state index is 12.1. The van der Waals surface area contributed by atoms with Crippen LogP contribution in [-0.2, 0) is 9.59 Å². The van der Waals surface area contributed by atoms with E-state index in [-0.39, 0.29) is 11.7 Å². The number of piperidine rings is 1. The zero-order valence-electron chi connectivity index (χ0n) is 12.5. The molecule has 5 nitrogen and oxygen atoms in total. The van der Waals surface area contributed by atoms with E-state index in [2.05, 4.69) is 30.8 Å². The van der Waals surface area contributed by atoms with Gasteiger partial charge in [0.25, 0.3) is 0 Å². The fraction of sp³-hybridized carbons (Fsp3) is 0.857. The number of likely N-dealkylation sites (N-methyl/N-ethyl adjacent to an activating group) is 1. The number of hydrogen-bond donors (Lipinski definition) is 0. The number of nitrogens with zero attached hydrogens (tertiary/aromatic N) is 3. The summed E-state index contributed by atoms with van der Waals surface area (Å²) in [4.78, 5) is 29.5. The molecule has 1 rings (SSSR count). The summed E-state index contributed by atoms with van der Waals surface area (Å²) in [6.45, 7) is 6.67. The molecule has 0 N–H and O–H groups in total. The van der Waals surface area contributed by atoms with Crippen LogP contribution in [0.1, 0.15) is 26.2 Å². The Morgan fingerprint density at radius 2 is 1.84 bits per heavy atom. The lowest BCUT2D eigenvalue weighted by Gasteiger charge is -2.29. The lowest BCUT2D eigenvalue weighted by molar-refractivity contribution is -0.135. The van der Waals surface area contributed by atoms with Crippen molar-refractivity contribution in [1.29, 1.82) is 0 Å². The first-order valence-corrected chi connectivity index (χ1v) is 7.19. The zero-order chi connectivity index (χ0) is 14.3. The van der Waals surface area contributed by atoms with E-state index in [0.717, 1.165) is 26.1 Å². The predicted octanol–water partition coefficient (Wildman–Crippen LogP) is 0.452. The first kappa shape index (κ1) is 16.1. The SMILES string of the molecule is CCN(CCCN(C)C)CC(=O)N1CCC(=O)CC1. The molecule has 0 aromatic heterocycles. The van der Waals surface area contributed by atoms with Crippen LogP contribution in [0.2, 0.25) is 0 Å². The molecule has 0 unspecified atom stereocenters. The van der Waals surface area contributed by atoms with Gasteiger partial charge in [-0.15, -0.1) is 0 Å². The van der Waals surface area contributed by atoms with Crippen molar-refractivity contribution in [2.24, 2.45) is 0 Å². The Labute approximate surface area is 116 Å². The van der Waals surface area contributed by atoms with Crippen molar-refractivity contribution in [3.8, 4) is 0 Å². The molecule has 1 heterocycles. The van der Waals surface area contributed by atoms with Crippen molar-refractivity contribution in [3.05, 3.63) is 0 Å². The Morgan fingerprint density at radius 1 is 1.21 bits per heavy atom. The molecule has 1 amide bonds. The molecule has 0 aromatic carbocycles. The quantitative estimate of drug-likeness (QED) is 0.673. The van der Waals surface area contributed by atoms with Gasteiger partial charge in [-0.1, -0.05) is 6.92 Å². The van der Waals surface area contributed by atoms with Crippen LogP contribution in [-0.4, -0.2) is 79.8 Å². The maximum Gasteiger partial charge on any atom is 0.236 e. The highest BCUT2D eigenvalue weighted by Crippen LogP contribution is 2.06. The van der Waals surface area contributed by atoms with Gasteiger partial charge < -0.3 is 9.80 Å². The second kappa shape index (κ2) is 8.27. The molecular formula is C14H27N3O2. The molecule has 1 aliphatic heterocycles. The van der Waals surface area contributed by atoms with Crippen LogP contribution in [0.25, 0.3) is 0 Å². The molecule has 1 saturated heterocycles. The Morgan fingerprint density at radius 3 is 2.37 bits per heavy atom. The van der Waals surface area contributed by atoms with E-state index in [1.807, 2.05) is 4.90 Å². The van der Waals surface area contributed by atoms with Gasteiger partial charge in [-0.25, -0.2) is 0 Å². The number of carbonyl (C=O) groups is 2. The minimum Gasteiger partial charge on any atom is -0.341 e. The first-order valence-electron chi connectivity index (χ1n) is 7.19. The number of rotatable bonds is 7. The van der Waals surface area contributed by atoms with Crippen LogP contribution in [0.4, 0.5) is 0 Å². The third-order valence-corrected chi connectivity index (χ3v) is 3.56. The fourth-order valence-corrected chi connectivity index (χ4v) is 2.26. The average molecular weight is 269 g/mol. The van der Waals surface area contributed by atoms with Crippen molar-refractivity contribution in [1.82, 2.24) is 14.7 Å². The number of ketones is 1. The number of hydrogen-bond acceptors (Lipinski definition) is 4. The third-order valence-electron chi connectivity index (χ3n) is 3.56. The summed E-state index contributed by atoms with van der Waals surface area (Å²) in [5.74, 6) is 0.446. The Bertz CT molecular complexity index is 295. The highest BCUT2D eigenvalue weighted by Gasteiger charge is 2.21. The molecule has 0 saturated carbocycles. The molecule has 0 aromatic rings. The zero-order valence-corrected chi connectivity index (χ0v) is 12.5. The standard InChI is InChI=1S/C14H27N3O2/c1-4-16(9-5-8-15(2)3)12-14(19)17-10-6-13(18)7-11-17/h4-12H2,1-3H3. The highest BCUT2D eigenvalue weighted by atomic mass is 16.2. The minimum atomic E-state index is 0.166. The molecule has 5 heteroatoms. The molecule has 0 spiro atoms. The summed E-state index contributed by atoms with van der Waals surface area (Å²) in [5, 5.41) is 0. The normalized spacial score (nSPS) is 16.5. The minimum absolute atomic E-state index is 0.166. The number of Topliss-reactive ketones (excluding diaryl/α,β-unsaturated/α-hetero) is 1. The van der Waals surface area contributed by atoms with Gasteiger partial charge in [-0.2, -0.15) is 0 Å². The fourth-order valence-electron chi connectivity index (χ4n) is 2.26. The highest BCUT2D eigenvalue weighted by molar-refractivity contribution is 5.84. The molecule has 19 heavy (non-hydrogen) atoms. The molecule has 110 valence electrons. The van der Waals surface area contributed by atoms with Crippen LogP contribution < -0.4 is 0 Å². The van der Waals surface area contributed by atoms with Crippen LogP contribution in [0, 0.1) is 0 Å². The summed E-state index contributed by atoms with van der Waals surface area (Å²) in [5.41, 5.74) is 0. The van der Waals surface area contributed by atoms with Crippen LogP contribution in [0.15, 0.2) is 0 Å². The summed E-state index contributed by atoms with van der Waals surface area (Å²) < 4.78 is 0. The van der Waals surface area contributed by atoms with Gasteiger partial charge in [-0.3, -0.25) is 14.5 Å². The van der Waals surface area contributed by atoms with Gasteiger partial charge in [0.15, 0.2) is 0 Å². The Balaban J connectivity index is 2.29. The molecular weight excluding hydrogens is 242 g/mol. The monoisotopic (exact) mass is 269 g/mol. The Kier molecular flexibility index (Phi) is 7.02. The Hall–Kier alpha value is -0.940. The molecule has 0 radical (unpaired) electrons. The summed E-state index contributed by atoms with van der Waals surface area (Å²) >= 11 is 0. The summed E-state index contributed by atoms with van der Waals surface area (Å²) in [6, 6.07) is 0. The predicted molar refractivity (Wildman–Crippen MR) is 76.1 cm³/mol. The van der Waals surface area contributed by atoms with E-state index in [4.69, 9.17) is 0 Å². The second-order valence-corrected chi connectivity index (χ2v) is 5.45. The molecule has 0 aliphatic carbocycles. The van der Waals surface area contributed by atoms with Crippen molar-refractivity contribution in [2.75, 3.05) is 53.4 Å². The second-order valence-electron chi connectivity index (χ2n) is 5.45. The number of carbonyl (C=O) groups excluding carboxylic acids is 2. The van der Waals surface area contributed by atoms with Gasteiger partial charge in [0.05, 0.1) is 6.54 Å². The average Bonchev–Trinajstić information content (AvgIpc) is 2.37. The first-order chi connectivity index (χ1) is 9.02. The third kappa shape index (κ3) is 6.16. The van der Waals surface area contributed by atoms with Gasteiger partial charge in [0.2, 0.25) is 5.91 Å². The number of likely N-dealkylation sites (tertiary alicyclic amines) is 1. The van der Waals surface area contributed by atoms with Gasteiger partial charge in [-0.05, 0) is 40.2 Å². The summed E-state index contributed by atoms with van der Waals surface area (Å²) in [6.07, 6.45) is 2.13. The topological polar surface area (TPSA) is 43.9 Å². The van der Waals surface area contributed by atoms with E-state index >= 15 is 0 Å². The molecule has 0 atom stereocenters. The van der Waals surface area contributed by atoms with E-state index in [0.29, 0.717) is 32.5 Å². The van der Waals surface area contributed by atoms with Crippen molar-refractivity contribution < 1.29 is 9.59 Å². The van der Waals surface area contributed by atoms with Crippen LogP contribution >= 0.6 is 0 Å². The summed E-state index contributed by atoms with van der Waals surface area (Å²) in [7, 11) is 4.12. The van der Waals surface area contributed by atoms with Gasteiger partial charge in [0, 0.05) is 25.9 Å². The van der Waals surface area contributed by atoms with E-state index in [1.165, 1.54) is 0 Å². The molecule has 0 bridgehead atoms. The van der Waals surface area contributed by atoms with Crippen molar-refractivity contribution in [3.63, 3.8) is 0 Å². The van der Waals surface area contributed by atoms with Crippen LogP contribution in [0.5, 0.6) is 0 Å². The lowest BCUT2D eigenvalue weighted by Crippen LogP contribution is -2.44. The van der Waals surface area contributed by atoms with Crippen LogP contribution in [0.3, 0.4) is 0 Å². The van der Waals surface area contributed by atoms with E-state index < -0.39 is 0 Å². The molecule has 1 fully saturated rings. The van der Waals surface area contributed by atoms with Gasteiger partial charge in [0.1, 0.15) is 5.78 Å². The van der Waals surface area contributed by atoms with Gasteiger partial charge >= 0.3 is 0 Å². The maximum absolute atomic E-state index is 12.1.